The number of urea groups is 1. The molecular formula is C37H36Cl2N9O5-. The third kappa shape index (κ3) is 5.80. The van der Waals surface area contributed by atoms with Crippen molar-refractivity contribution >= 4 is 34.9 Å². The van der Waals surface area contributed by atoms with Gasteiger partial charge in [0.15, 0.2) is 5.49 Å². The number of aryl methyl sites for hydroxylation is 1. The van der Waals surface area contributed by atoms with E-state index in [2.05, 4.69) is 31.2 Å². The highest BCUT2D eigenvalue weighted by atomic mass is 35.5. The summed E-state index contributed by atoms with van der Waals surface area (Å²) in [6.45, 7) is 2.37. The summed E-state index contributed by atoms with van der Waals surface area (Å²) in [6, 6.07) is 13.1. The van der Waals surface area contributed by atoms with Gasteiger partial charge in [-0.2, -0.15) is 0 Å². The van der Waals surface area contributed by atoms with E-state index in [4.69, 9.17) is 32.9 Å². The number of ether oxygens (including phenoxy) is 1. The fraction of sp³-hybridized carbons (Fsp3) is 0.351. The number of hydrogen-bond acceptors (Lipinski definition) is 10. The summed E-state index contributed by atoms with van der Waals surface area (Å²) in [5.74, 6) is 0.140. The lowest BCUT2D eigenvalue weighted by Gasteiger charge is -2.28. The van der Waals surface area contributed by atoms with Crippen molar-refractivity contribution in [2.75, 3.05) is 39.9 Å². The van der Waals surface area contributed by atoms with Crippen LogP contribution in [0, 0.1) is 0 Å². The number of fused-ring (bicyclic) bond motifs is 2. The maximum Gasteiger partial charge on any atom is 0.328 e. The molecule has 3 aromatic rings. The minimum Gasteiger partial charge on any atom is -0.859 e. The van der Waals surface area contributed by atoms with E-state index in [9.17, 15) is 19.8 Å². The molecule has 16 heteroatoms. The van der Waals surface area contributed by atoms with Gasteiger partial charge in [0.1, 0.15) is 12.2 Å². The van der Waals surface area contributed by atoms with Crippen LogP contribution in [0.2, 0.25) is 10.0 Å². The Balaban J connectivity index is 1.12. The summed E-state index contributed by atoms with van der Waals surface area (Å²) < 4.78 is 8.19. The number of methoxy groups -OCH3 is 1. The first kappa shape index (κ1) is 35.0. The lowest BCUT2D eigenvalue weighted by atomic mass is 9.99. The molecule has 8 rings (SSSR count). The van der Waals surface area contributed by atoms with Crippen LogP contribution in [0.1, 0.15) is 30.0 Å². The molecule has 274 valence electrons. The van der Waals surface area contributed by atoms with Crippen molar-refractivity contribution in [2.45, 2.75) is 30.8 Å². The summed E-state index contributed by atoms with van der Waals surface area (Å²) in [5.41, 5.74) is 4.52. The highest BCUT2D eigenvalue weighted by Gasteiger charge is 2.49. The molecule has 2 aromatic carbocycles. The Bertz CT molecular complexity index is 2400. The average Bonchev–Trinajstić information content (AvgIpc) is 3.86. The molecule has 4 aliphatic heterocycles. The molecule has 14 nitrogen and oxygen atoms in total. The van der Waals surface area contributed by atoms with E-state index in [1.807, 2.05) is 24.3 Å². The summed E-state index contributed by atoms with van der Waals surface area (Å²) >= 11 is 14.2. The van der Waals surface area contributed by atoms with Crippen LogP contribution >= 0.6 is 23.2 Å². The Morgan fingerprint density at radius 2 is 1.81 bits per heavy atom. The first-order valence-electron chi connectivity index (χ1n) is 17.2. The standard InChI is InChI=1S/C37H37Cl2N9O5/c1-45-32-28(34(50)46(2)36(45)52)31(40-19-41-32)42-24-9-5-7-22(30(24)39)21-6-4-8-23(29(21)38)25-16-20-10-11-26(27(20)33(43-25)53-3)47-13-12-37(17-47)18-48(14-15-49)35(51)44-37/h4-9,16,19,26,49-50H,10-15,17-18H2,1-3H3,(H,44,51)/p-1/t26-,37+/m1/s1. The largest absolute Gasteiger partial charge is 0.859 e. The van der Waals surface area contributed by atoms with Crippen LogP contribution in [-0.2, 0) is 20.5 Å². The molecule has 2 N–H and O–H groups in total. The van der Waals surface area contributed by atoms with Gasteiger partial charge in [-0.25, -0.2) is 29.5 Å². The maximum absolute atomic E-state index is 13.1. The highest BCUT2D eigenvalue weighted by molar-refractivity contribution is 6.39. The van der Waals surface area contributed by atoms with Crippen molar-refractivity contribution in [3.8, 4) is 45.5 Å². The number of rotatable bonds is 7. The Labute approximate surface area is 314 Å². The molecule has 0 unspecified atom stereocenters. The van der Waals surface area contributed by atoms with Gasteiger partial charge in [-0.15, -0.1) is 0 Å². The number of carbonyl (C=O) groups is 1. The second-order valence-corrected chi connectivity index (χ2v) is 14.5. The maximum atomic E-state index is 13.1. The van der Waals surface area contributed by atoms with E-state index in [-0.39, 0.29) is 41.1 Å². The quantitative estimate of drug-likeness (QED) is 0.253. The van der Waals surface area contributed by atoms with Gasteiger partial charge in [0.25, 0.3) is 0 Å². The fourth-order valence-corrected chi connectivity index (χ4v) is 8.65. The van der Waals surface area contributed by atoms with E-state index in [1.54, 1.807) is 24.1 Å². The van der Waals surface area contributed by atoms with E-state index in [0.717, 1.165) is 41.5 Å². The number of nitrogens with zero attached hydrogens (tertiary/aromatic N) is 8. The average molecular weight is 758 g/mol. The molecule has 2 fully saturated rings. The van der Waals surface area contributed by atoms with Crippen LogP contribution in [0.15, 0.2) is 58.6 Å². The zero-order valence-electron chi connectivity index (χ0n) is 29.3. The predicted octanol–water partition coefficient (Wildman–Crippen LogP) is 3.42. The summed E-state index contributed by atoms with van der Waals surface area (Å²) in [7, 11) is 4.55. The van der Waals surface area contributed by atoms with Crippen LogP contribution < -0.4 is 26.3 Å². The molecule has 2 saturated heterocycles. The molecule has 2 atom stereocenters. The van der Waals surface area contributed by atoms with Crippen LogP contribution in [0.4, 0.5) is 10.5 Å². The number of pyridine rings is 1. The van der Waals surface area contributed by atoms with Crippen molar-refractivity contribution in [2.24, 2.45) is 19.1 Å². The van der Waals surface area contributed by atoms with Crippen LogP contribution in [0.5, 0.6) is 11.8 Å². The Morgan fingerprint density at radius 3 is 2.58 bits per heavy atom. The van der Waals surface area contributed by atoms with Gasteiger partial charge in [0.05, 0.1) is 46.2 Å². The molecule has 53 heavy (non-hydrogen) atoms. The second kappa shape index (κ2) is 13.4. The SMILES string of the molecule is COc1nc(-c2cccc(-c3cccc(N=c4ncnc5n(C)c(=O)n(C)c([O-])c4-5)c3Cl)c2Cl)cc2c1[C@H](N1CC[C@@]3(CN(CCO)C(=O)N3)C1)CC2. The number of β-amino-alcohol motifs (C(OH)–C–C–N with tert-alkyl or cyclic N) is 1. The number of amides is 2. The first-order valence-corrected chi connectivity index (χ1v) is 18.0. The molecule has 5 aliphatic rings. The number of aliphatic hydroxyl groups is 1. The van der Waals surface area contributed by atoms with Crippen LogP contribution in [0.3, 0.4) is 0 Å². The van der Waals surface area contributed by atoms with E-state index in [0.29, 0.717) is 63.6 Å². The lowest BCUT2D eigenvalue weighted by molar-refractivity contribution is -0.278. The third-order valence-corrected chi connectivity index (χ3v) is 11.5. The second-order valence-electron chi connectivity index (χ2n) is 13.7. The number of likely N-dealkylation sites (tertiary alicyclic amines) is 1. The molecule has 1 aromatic heterocycles. The Hall–Kier alpha value is -5.02. The van der Waals surface area contributed by atoms with Crippen LogP contribution in [0.25, 0.3) is 33.8 Å². The molecule has 1 spiro atoms. The Morgan fingerprint density at radius 1 is 1.06 bits per heavy atom. The monoisotopic (exact) mass is 756 g/mol. The molecule has 1 aliphatic carbocycles. The first-order chi connectivity index (χ1) is 25.5. The summed E-state index contributed by atoms with van der Waals surface area (Å²) in [4.78, 5) is 47.2. The molecular weight excluding hydrogens is 721 g/mol. The molecule has 5 heterocycles. The Kier molecular flexibility index (Phi) is 8.88. The lowest BCUT2D eigenvalue weighted by Crippen LogP contribution is -2.46. The zero-order chi connectivity index (χ0) is 37.2. The number of aliphatic hydroxyl groups excluding tert-OH is 1. The van der Waals surface area contributed by atoms with Gasteiger partial charge in [-0.3, -0.25) is 9.47 Å². The zero-order valence-corrected chi connectivity index (χ0v) is 30.8. The minimum absolute atomic E-state index is 0.0630. The van der Waals surface area contributed by atoms with Crippen molar-refractivity contribution in [3.63, 3.8) is 0 Å². The van der Waals surface area contributed by atoms with Gasteiger partial charge in [-0.1, -0.05) is 53.5 Å². The van der Waals surface area contributed by atoms with Crippen LogP contribution in [-0.4, -0.2) is 90.5 Å². The summed E-state index contributed by atoms with van der Waals surface area (Å²) in [6.07, 6.45) is 3.81. The van der Waals surface area contributed by atoms with Crippen molar-refractivity contribution in [1.82, 2.24) is 39.2 Å². The van der Waals surface area contributed by atoms with Crippen molar-refractivity contribution in [3.05, 3.63) is 85.9 Å². The molecule has 2 amide bonds. The predicted molar refractivity (Wildman–Crippen MR) is 196 cm³/mol. The number of hydrogen-bond donors (Lipinski definition) is 2. The molecule has 0 bridgehead atoms. The van der Waals surface area contributed by atoms with Gasteiger partial charge >= 0.3 is 11.7 Å². The van der Waals surface area contributed by atoms with Gasteiger partial charge < -0.3 is 29.7 Å². The smallest absolute Gasteiger partial charge is 0.328 e. The van der Waals surface area contributed by atoms with E-state index < -0.39 is 11.6 Å². The van der Waals surface area contributed by atoms with Gasteiger partial charge in [0, 0.05) is 68.6 Å². The number of nitrogens with one attached hydrogen (secondary N) is 1. The van der Waals surface area contributed by atoms with Crippen molar-refractivity contribution < 1.29 is 19.7 Å². The van der Waals surface area contributed by atoms with E-state index >= 15 is 0 Å². The molecule has 0 saturated carbocycles. The summed E-state index contributed by atoms with van der Waals surface area (Å²) in [5, 5.41) is 26.4. The molecule has 0 radical (unpaired) electrons. The topological polar surface area (TPSA) is 166 Å². The fourth-order valence-electron chi connectivity index (χ4n) is 8.06. The third-order valence-electron chi connectivity index (χ3n) is 10.7. The minimum atomic E-state index is -0.564. The number of benzene rings is 2. The number of halogens is 2. The van der Waals surface area contributed by atoms with E-state index in [1.165, 1.54) is 25.0 Å². The van der Waals surface area contributed by atoms with Crippen molar-refractivity contribution in [1.29, 1.82) is 0 Å². The van der Waals surface area contributed by atoms with Gasteiger partial charge in [-0.05, 0) is 42.8 Å². The number of aromatic nitrogens is 5. The highest BCUT2D eigenvalue weighted by Crippen LogP contribution is 2.47. The van der Waals surface area contributed by atoms with Gasteiger partial charge in [0.2, 0.25) is 5.88 Å². The number of carbonyl (C=O) groups excluding carboxylic acids is 1. The normalized spacial score (nSPS) is 20.2.